The number of nitro groups is 1. The quantitative estimate of drug-likeness (QED) is 0.397. The van der Waals surface area contributed by atoms with E-state index in [1.165, 1.54) is 18.2 Å². The molecule has 0 unspecified atom stereocenters. The predicted octanol–water partition coefficient (Wildman–Crippen LogP) is 2.48. The lowest BCUT2D eigenvalue weighted by Gasteiger charge is -2.07. The van der Waals surface area contributed by atoms with Crippen LogP contribution in [0.15, 0.2) is 77.2 Å². The molecule has 3 aromatic rings. The van der Waals surface area contributed by atoms with Crippen molar-refractivity contribution in [3.8, 4) is 5.69 Å². The van der Waals surface area contributed by atoms with Crippen LogP contribution in [0.4, 0.5) is 5.69 Å². The van der Waals surface area contributed by atoms with E-state index in [0.717, 1.165) is 17.3 Å². The molecule has 10 heteroatoms. The van der Waals surface area contributed by atoms with E-state index in [9.17, 15) is 18.5 Å². The number of nitrogens with zero attached hydrogens (tertiary/aromatic N) is 4. The van der Waals surface area contributed by atoms with Gasteiger partial charge in [0.15, 0.2) is 0 Å². The molecule has 27 heavy (non-hydrogen) atoms. The molecule has 2 aromatic carbocycles. The number of benzene rings is 2. The molecule has 9 nitrogen and oxygen atoms in total. The number of nitro benzene ring substituents is 1. The summed E-state index contributed by atoms with van der Waals surface area (Å²) in [7, 11) is -4.02. The molecule has 0 spiro atoms. The zero-order valence-corrected chi connectivity index (χ0v) is 15.0. The lowest BCUT2D eigenvalue weighted by Crippen LogP contribution is -2.20. The van der Waals surface area contributed by atoms with Crippen LogP contribution in [0, 0.1) is 10.1 Å². The first kappa shape index (κ1) is 18.3. The van der Waals surface area contributed by atoms with Gasteiger partial charge in [0.2, 0.25) is 0 Å². The lowest BCUT2D eigenvalue weighted by atomic mass is 10.1. The summed E-state index contributed by atoms with van der Waals surface area (Å²) < 4.78 is 26.4. The highest BCUT2D eigenvalue weighted by molar-refractivity contribution is 7.89. The van der Waals surface area contributed by atoms with Gasteiger partial charge in [-0.2, -0.15) is 18.4 Å². The number of rotatable bonds is 6. The Bertz CT molecular complexity index is 1090. The van der Waals surface area contributed by atoms with Crippen molar-refractivity contribution in [1.82, 2.24) is 14.4 Å². The second-order valence-corrected chi connectivity index (χ2v) is 7.22. The molecule has 0 bridgehead atoms. The van der Waals surface area contributed by atoms with Crippen LogP contribution in [0.2, 0.25) is 0 Å². The zero-order chi connectivity index (χ0) is 19.4. The van der Waals surface area contributed by atoms with Crippen LogP contribution in [-0.4, -0.2) is 28.6 Å². The van der Waals surface area contributed by atoms with Gasteiger partial charge in [-0.05, 0) is 30.7 Å². The topological polar surface area (TPSA) is 119 Å². The van der Waals surface area contributed by atoms with Gasteiger partial charge in [0, 0.05) is 30.2 Å². The van der Waals surface area contributed by atoms with Crippen molar-refractivity contribution in [1.29, 1.82) is 0 Å². The normalized spacial score (nSPS) is 12.0. The second-order valence-electron chi connectivity index (χ2n) is 5.56. The van der Waals surface area contributed by atoms with E-state index in [2.05, 4.69) is 14.9 Å². The number of nitrogens with one attached hydrogen (secondary N) is 1. The summed E-state index contributed by atoms with van der Waals surface area (Å²) in [5.74, 6) is 0. The van der Waals surface area contributed by atoms with Crippen LogP contribution in [0.1, 0.15) is 12.5 Å². The first-order valence-corrected chi connectivity index (χ1v) is 9.24. The monoisotopic (exact) mass is 385 g/mol. The number of aromatic nitrogens is 2. The third kappa shape index (κ3) is 4.18. The summed E-state index contributed by atoms with van der Waals surface area (Å²) in [5.41, 5.74) is 1.76. The molecule has 1 heterocycles. The first-order valence-electron chi connectivity index (χ1n) is 7.76. The van der Waals surface area contributed by atoms with Gasteiger partial charge in [0.1, 0.15) is 0 Å². The largest absolute Gasteiger partial charge is 0.306 e. The number of imidazole rings is 1. The highest BCUT2D eigenvalue weighted by atomic mass is 32.2. The maximum atomic E-state index is 12.3. The minimum Gasteiger partial charge on any atom is -0.306 e. The molecule has 0 aliphatic rings. The van der Waals surface area contributed by atoms with E-state index in [0.29, 0.717) is 5.71 Å². The first-order chi connectivity index (χ1) is 12.9. The molecule has 0 saturated heterocycles. The van der Waals surface area contributed by atoms with E-state index < -0.39 is 14.9 Å². The second kappa shape index (κ2) is 7.38. The molecule has 0 amide bonds. The number of hydrogen-bond donors (Lipinski definition) is 1. The summed E-state index contributed by atoms with van der Waals surface area (Å²) in [6, 6.07) is 12.1. The molecule has 0 saturated carbocycles. The van der Waals surface area contributed by atoms with Gasteiger partial charge in [-0.1, -0.05) is 18.2 Å². The number of non-ortho nitro benzene ring substituents is 1. The molecule has 0 radical (unpaired) electrons. The molecule has 0 aliphatic carbocycles. The Morgan fingerprint density at radius 2 is 1.96 bits per heavy atom. The van der Waals surface area contributed by atoms with Gasteiger partial charge in [-0.3, -0.25) is 10.1 Å². The average molecular weight is 385 g/mol. The summed E-state index contributed by atoms with van der Waals surface area (Å²) in [6.07, 6.45) is 5.15. The number of hydrogen-bond acceptors (Lipinski definition) is 6. The maximum Gasteiger partial charge on any atom is 0.276 e. The van der Waals surface area contributed by atoms with Crippen molar-refractivity contribution >= 4 is 21.4 Å². The Labute approximate surface area is 155 Å². The van der Waals surface area contributed by atoms with Crippen LogP contribution in [0.25, 0.3) is 5.69 Å². The minimum atomic E-state index is -4.02. The summed E-state index contributed by atoms with van der Waals surface area (Å²) in [4.78, 5) is 16.0. The SMILES string of the molecule is CC(=NNS(=O)(=O)c1cccc([N+](=O)[O-])c1)c1ccc(-n2ccnc2)cc1. The Morgan fingerprint density at radius 1 is 1.22 bits per heavy atom. The molecule has 0 aliphatic heterocycles. The maximum absolute atomic E-state index is 12.3. The Kier molecular flexibility index (Phi) is 4.99. The van der Waals surface area contributed by atoms with Gasteiger partial charge in [-0.15, -0.1) is 0 Å². The summed E-state index contributed by atoms with van der Waals surface area (Å²) in [6.45, 7) is 1.65. The van der Waals surface area contributed by atoms with Gasteiger partial charge in [0.25, 0.3) is 15.7 Å². The lowest BCUT2D eigenvalue weighted by molar-refractivity contribution is -0.385. The Balaban J connectivity index is 1.78. The molecule has 1 N–H and O–H groups in total. The fourth-order valence-electron chi connectivity index (χ4n) is 2.30. The Morgan fingerprint density at radius 3 is 2.59 bits per heavy atom. The predicted molar refractivity (Wildman–Crippen MR) is 99.2 cm³/mol. The van der Waals surface area contributed by atoms with Crippen LogP contribution in [0.3, 0.4) is 0 Å². The van der Waals surface area contributed by atoms with Crippen molar-refractivity contribution in [3.63, 3.8) is 0 Å². The zero-order valence-electron chi connectivity index (χ0n) is 14.2. The summed E-state index contributed by atoms with van der Waals surface area (Å²) in [5, 5.41) is 14.7. The fourth-order valence-corrected chi connectivity index (χ4v) is 3.19. The smallest absolute Gasteiger partial charge is 0.276 e. The van der Waals surface area contributed by atoms with Crippen LogP contribution in [-0.2, 0) is 10.0 Å². The molecule has 0 fully saturated rings. The third-order valence-corrected chi connectivity index (χ3v) is 4.97. The number of sulfonamides is 1. The van der Waals surface area contributed by atoms with Crippen molar-refractivity contribution in [2.45, 2.75) is 11.8 Å². The standard InChI is InChI=1S/C17H15N5O4S/c1-13(14-5-7-15(8-6-14)21-10-9-18-12-21)19-20-27(25,26)17-4-2-3-16(11-17)22(23)24/h2-12,20H,1H3. The van der Waals surface area contributed by atoms with Crippen LogP contribution >= 0.6 is 0 Å². The van der Waals surface area contributed by atoms with Gasteiger partial charge in [0.05, 0.1) is 21.9 Å². The summed E-state index contributed by atoms with van der Waals surface area (Å²) >= 11 is 0. The molecular weight excluding hydrogens is 370 g/mol. The molecule has 0 atom stereocenters. The molecular formula is C17H15N5O4S. The van der Waals surface area contributed by atoms with Crippen molar-refractivity contribution in [2.75, 3.05) is 0 Å². The van der Waals surface area contributed by atoms with E-state index in [1.807, 2.05) is 22.9 Å². The van der Waals surface area contributed by atoms with Crippen LogP contribution in [0.5, 0.6) is 0 Å². The van der Waals surface area contributed by atoms with E-state index in [4.69, 9.17) is 0 Å². The fraction of sp³-hybridized carbons (Fsp3) is 0.0588. The molecule has 3 rings (SSSR count). The minimum absolute atomic E-state index is 0.233. The van der Waals surface area contributed by atoms with E-state index >= 15 is 0 Å². The highest BCUT2D eigenvalue weighted by Gasteiger charge is 2.17. The van der Waals surface area contributed by atoms with Gasteiger partial charge < -0.3 is 4.57 Å². The van der Waals surface area contributed by atoms with Gasteiger partial charge in [-0.25, -0.2) is 4.98 Å². The van der Waals surface area contributed by atoms with E-state index in [-0.39, 0.29) is 10.6 Å². The molecule has 1 aromatic heterocycles. The third-order valence-electron chi connectivity index (χ3n) is 3.76. The van der Waals surface area contributed by atoms with Crippen molar-refractivity contribution < 1.29 is 13.3 Å². The number of hydrazone groups is 1. The molecule has 138 valence electrons. The van der Waals surface area contributed by atoms with Gasteiger partial charge >= 0.3 is 0 Å². The van der Waals surface area contributed by atoms with Crippen molar-refractivity contribution in [2.24, 2.45) is 5.10 Å². The average Bonchev–Trinajstić information content (AvgIpc) is 3.21. The van der Waals surface area contributed by atoms with Crippen molar-refractivity contribution in [3.05, 3.63) is 82.9 Å². The Hall–Kier alpha value is -3.53. The van der Waals surface area contributed by atoms with E-state index in [1.54, 1.807) is 31.6 Å². The highest BCUT2D eigenvalue weighted by Crippen LogP contribution is 2.17. The van der Waals surface area contributed by atoms with Crippen LogP contribution < -0.4 is 4.83 Å².